The maximum Gasteiger partial charge on any atom is 0.365 e. The Balaban J connectivity index is 1.72. The molecule has 138 valence electrons. The molecule has 0 amide bonds. The fraction of sp³-hybridized carbons (Fsp3) is 0.105. The second kappa shape index (κ2) is 8.05. The van der Waals surface area contributed by atoms with Crippen molar-refractivity contribution in [2.75, 3.05) is 5.73 Å². The van der Waals surface area contributed by atoms with E-state index in [1.54, 1.807) is 47.3 Å². The second-order valence-electron chi connectivity index (χ2n) is 5.93. The highest BCUT2D eigenvalue weighted by molar-refractivity contribution is 9.10. The number of nitrogens with zero attached hydrogens (tertiary/aromatic N) is 3. The van der Waals surface area contributed by atoms with Crippen LogP contribution in [0.1, 0.15) is 27.0 Å². The number of oxime groups is 1. The van der Waals surface area contributed by atoms with Crippen molar-refractivity contribution in [2.45, 2.75) is 13.5 Å². The monoisotopic (exact) mass is 427 g/mol. The summed E-state index contributed by atoms with van der Waals surface area (Å²) in [5.74, 6) is -0.506. The van der Waals surface area contributed by atoms with Crippen LogP contribution in [-0.4, -0.2) is 21.6 Å². The predicted octanol–water partition coefficient (Wildman–Crippen LogP) is 3.06. The van der Waals surface area contributed by atoms with Gasteiger partial charge in [-0.15, -0.1) is 0 Å². The summed E-state index contributed by atoms with van der Waals surface area (Å²) in [6.07, 6.45) is 3.55. The minimum Gasteiger partial charge on any atom is -0.398 e. The van der Waals surface area contributed by atoms with Crippen molar-refractivity contribution in [1.29, 1.82) is 0 Å². The molecule has 27 heavy (non-hydrogen) atoms. The molecule has 2 aromatic carbocycles. The Bertz CT molecular complexity index is 1010. The minimum atomic E-state index is -0.594. The van der Waals surface area contributed by atoms with E-state index in [0.29, 0.717) is 23.4 Å². The van der Waals surface area contributed by atoms with Crippen molar-refractivity contribution in [2.24, 2.45) is 10.9 Å². The van der Waals surface area contributed by atoms with Crippen molar-refractivity contribution < 1.29 is 9.63 Å². The number of rotatable bonds is 5. The molecule has 0 radical (unpaired) electrons. The van der Waals surface area contributed by atoms with Gasteiger partial charge in [-0.1, -0.05) is 29.4 Å². The Kier molecular flexibility index (Phi) is 5.56. The van der Waals surface area contributed by atoms with Crippen LogP contribution in [0.15, 0.2) is 64.5 Å². The number of amidine groups is 1. The van der Waals surface area contributed by atoms with Crippen LogP contribution >= 0.6 is 15.9 Å². The number of carbonyl (C=O) groups is 1. The molecule has 0 bridgehead atoms. The molecule has 1 heterocycles. The molecule has 0 atom stereocenters. The lowest BCUT2D eigenvalue weighted by molar-refractivity contribution is 0.0516. The van der Waals surface area contributed by atoms with E-state index in [1.807, 2.05) is 19.2 Å². The van der Waals surface area contributed by atoms with Crippen LogP contribution < -0.4 is 11.5 Å². The predicted molar refractivity (Wildman–Crippen MR) is 107 cm³/mol. The highest BCUT2D eigenvalue weighted by Gasteiger charge is 2.11. The first-order valence-electron chi connectivity index (χ1n) is 8.11. The highest BCUT2D eigenvalue weighted by atomic mass is 79.9. The SMILES string of the molecule is Cc1c(N)cccc1/C(N)=N/OC(=O)c1cccc(Cn2cc(Br)cn2)c1. The largest absolute Gasteiger partial charge is 0.398 e. The van der Waals surface area contributed by atoms with E-state index in [1.165, 1.54) is 0 Å². The minimum absolute atomic E-state index is 0.0886. The molecule has 7 nitrogen and oxygen atoms in total. The number of anilines is 1. The molecule has 0 saturated heterocycles. The fourth-order valence-corrected chi connectivity index (χ4v) is 2.86. The van der Waals surface area contributed by atoms with Gasteiger partial charge in [0, 0.05) is 17.4 Å². The maximum atomic E-state index is 12.3. The van der Waals surface area contributed by atoms with Crippen molar-refractivity contribution in [3.63, 3.8) is 0 Å². The van der Waals surface area contributed by atoms with Gasteiger partial charge >= 0.3 is 5.97 Å². The summed E-state index contributed by atoms with van der Waals surface area (Å²) in [6.45, 7) is 2.35. The first-order chi connectivity index (χ1) is 12.9. The molecule has 1 aromatic heterocycles. The van der Waals surface area contributed by atoms with E-state index < -0.39 is 5.97 Å². The van der Waals surface area contributed by atoms with Crippen LogP contribution in [0.4, 0.5) is 5.69 Å². The van der Waals surface area contributed by atoms with Crippen LogP contribution in [0.25, 0.3) is 0 Å². The zero-order valence-corrected chi connectivity index (χ0v) is 16.2. The van der Waals surface area contributed by atoms with Crippen LogP contribution in [0, 0.1) is 6.92 Å². The normalized spacial score (nSPS) is 11.4. The molecule has 0 aliphatic carbocycles. The molecule has 0 aliphatic rings. The van der Waals surface area contributed by atoms with Crippen LogP contribution in [0.2, 0.25) is 0 Å². The van der Waals surface area contributed by atoms with Crippen molar-refractivity contribution in [1.82, 2.24) is 9.78 Å². The Morgan fingerprint density at radius 2 is 2.07 bits per heavy atom. The number of nitrogen functional groups attached to an aromatic ring is 1. The first-order valence-corrected chi connectivity index (χ1v) is 8.90. The summed E-state index contributed by atoms with van der Waals surface area (Å²) in [5.41, 5.74) is 15.1. The van der Waals surface area contributed by atoms with Gasteiger partial charge in [-0.25, -0.2) is 4.79 Å². The van der Waals surface area contributed by atoms with Gasteiger partial charge in [0.2, 0.25) is 0 Å². The van der Waals surface area contributed by atoms with Gasteiger partial charge in [0.25, 0.3) is 0 Å². The molecule has 8 heteroatoms. The summed E-state index contributed by atoms with van der Waals surface area (Å²) in [7, 11) is 0. The number of hydrogen-bond acceptors (Lipinski definition) is 5. The first kappa shape index (κ1) is 18.7. The molecule has 0 spiro atoms. The lowest BCUT2D eigenvalue weighted by atomic mass is 10.1. The van der Waals surface area contributed by atoms with Crippen molar-refractivity contribution in [3.8, 4) is 0 Å². The molecule has 0 saturated carbocycles. The smallest absolute Gasteiger partial charge is 0.365 e. The highest BCUT2D eigenvalue weighted by Crippen LogP contribution is 2.16. The fourth-order valence-electron chi connectivity index (χ4n) is 2.53. The summed E-state index contributed by atoms with van der Waals surface area (Å²) in [5, 5.41) is 7.95. The standard InChI is InChI=1S/C19H18BrN5O2/c1-12-16(6-3-7-17(12)21)18(22)24-27-19(26)14-5-2-4-13(8-14)10-25-11-15(20)9-23-25/h2-9,11H,10,21H2,1H3,(H2,22,24). The van der Waals surface area contributed by atoms with E-state index in [4.69, 9.17) is 16.3 Å². The average Bonchev–Trinajstić information content (AvgIpc) is 3.06. The average molecular weight is 428 g/mol. The summed E-state index contributed by atoms with van der Waals surface area (Å²) >= 11 is 3.35. The third kappa shape index (κ3) is 4.53. The van der Waals surface area contributed by atoms with Gasteiger partial charge in [-0.2, -0.15) is 5.10 Å². The van der Waals surface area contributed by atoms with Gasteiger partial charge in [-0.05, 0) is 52.2 Å². The van der Waals surface area contributed by atoms with E-state index in [2.05, 4.69) is 26.2 Å². The van der Waals surface area contributed by atoms with Gasteiger partial charge in [0.05, 0.1) is 22.8 Å². The molecule has 3 aromatic rings. The third-order valence-corrected chi connectivity index (χ3v) is 4.40. The number of aromatic nitrogens is 2. The van der Waals surface area contributed by atoms with E-state index in [9.17, 15) is 4.79 Å². The lowest BCUT2D eigenvalue weighted by Gasteiger charge is -2.07. The summed E-state index contributed by atoms with van der Waals surface area (Å²) in [6, 6.07) is 12.4. The van der Waals surface area contributed by atoms with E-state index >= 15 is 0 Å². The summed E-state index contributed by atoms with van der Waals surface area (Å²) in [4.78, 5) is 17.3. The zero-order valence-electron chi connectivity index (χ0n) is 14.6. The molecular weight excluding hydrogens is 410 g/mol. The number of halogens is 1. The number of nitrogens with two attached hydrogens (primary N) is 2. The molecule has 0 unspecified atom stereocenters. The van der Waals surface area contributed by atoms with Crippen LogP contribution in [0.5, 0.6) is 0 Å². The number of benzene rings is 2. The Morgan fingerprint density at radius 3 is 2.81 bits per heavy atom. The molecule has 3 rings (SSSR count). The van der Waals surface area contributed by atoms with Crippen LogP contribution in [0.3, 0.4) is 0 Å². The molecule has 0 fully saturated rings. The summed E-state index contributed by atoms with van der Waals surface area (Å²) < 4.78 is 2.65. The number of hydrogen-bond donors (Lipinski definition) is 2. The van der Waals surface area contributed by atoms with Gasteiger partial charge in [0.15, 0.2) is 5.84 Å². The van der Waals surface area contributed by atoms with Gasteiger partial charge in [0.1, 0.15) is 0 Å². The molecule has 4 N–H and O–H groups in total. The van der Waals surface area contributed by atoms with Crippen LogP contribution in [-0.2, 0) is 11.4 Å². The number of carbonyl (C=O) groups excluding carboxylic acids is 1. The lowest BCUT2D eigenvalue weighted by Crippen LogP contribution is -2.17. The Labute approximate surface area is 164 Å². The maximum absolute atomic E-state index is 12.3. The Hall–Kier alpha value is -3.13. The quantitative estimate of drug-likeness (QED) is 0.214. The Morgan fingerprint density at radius 1 is 1.30 bits per heavy atom. The topological polar surface area (TPSA) is 109 Å². The van der Waals surface area contributed by atoms with E-state index in [0.717, 1.165) is 15.6 Å². The van der Waals surface area contributed by atoms with Gasteiger partial charge in [-0.3, -0.25) is 4.68 Å². The molecule has 0 aliphatic heterocycles. The third-order valence-electron chi connectivity index (χ3n) is 3.99. The zero-order chi connectivity index (χ0) is 19.4. The van der Waals surface area contributed by atoms with Crippen molar-refractivity contribution >= 4 is 33.4 Å². The second-order valence-corrected chi connectivity index (χ2v) is 6.85. The van der Waals surface area contributed by atoms with E-state index in [-0.39, 0.29) is 5.84 Å². The van der Waals surface area contributed by atoms with Crippen molar-refractivity contribution in [3.05, 3.63) is 81.6 Å². The van der Waals surface area contributed by atoms with Gasteiger partial charge < -0.3 is 16.3 Å². The molecular formula is C19H18BrN5O2.